The van der Waals surface area contributed by atoms with Crippen LogP contribution in [-0.2, 0) is 24.0 Å². The van der Waals surface area contributed by atoms with Gasteiger partial charge in [-0.1, -0.05) is 5.21 Å². The Bertz CT molecular complexity index is 1290. The van der Waals surface area contributed by atoms with Gasteiger partial charge in [-0.15, -0.1) is 10.2 Å². The van der Waals surface area contributed by atoms with Gasteiger partial charge < -0.3 is 14.4 Å². The van der Waals surface area contributed by atoms with Gasteiger partial charge in [-0.3, -0.25) is 10.00 Å². The Morgan fingerprint density at radius 1 is 1.24 bits per heavy atom. The fourth-order valence-corrected chi connectivity index (χ4v) is 4.96. The third kappa shape index (κ3) is 5.22. The average molecular weight is 520 g/mol. The molecule has 1 spiro atoms. The molecule has 0 saturated carbocycles. The third-order valence-corrected chi connectivity index (χ3v) is 6.57. The summed E-state index contributed by atoms with van der Waals surface area (Å²) < 4.78 is 52.7. The fraction of sp³-hybridized carbons (Fsp3) is 0.522. The normalized spacial score (nSPS) is 20.7. The van der Waals surface area contributed by atoms with Crippen molar-refractivity contribution in [1.29, 1.82) is 0 Å². The molecular weight excluding hydrogens is 491 g/mol. The Kier molecular flexibility index (Phi) is 6.72. The number of tetrazole rings is 1. The van der Waals surface area contributed by atoms with Crippen molar-refractivity contribution >= 4 is 5.57 Å². The lowest BCUT2D eigenvalue weighted by Gasteiger charge is -2.38. The lowest BCUT2D eigenvalue weighted by atomic mass is 9.90. The fourth-order valence-electron chi connectivity index (χ4n) is 4.96. The predicted octanol–water partition coefficient (Wildman–Crippen LogP) is 2.32. The number of aromatic nitrogens is 7. The van der Waals surface area contributed by atoms with Gasteiger partial charge >= 0.3 is 6.18 Å². The Balaban J connectivity index is 1.40. The second-order valence-corrected chi connectivity index (χ2v) is 9.61. The molecule has 5 rings (SSSR count). The zero-order valence-corrected chi connectivity index (χ0v) is 20.8. The van der Waals surface area contributed by atoms with E-state index in [2.05, 4.69) is 46.8 Å². The Labute approximate surface area is 211 Å². The van der Waals surface area contributed by atoms with E-state index in [0.717, 1.165) is 42.9 Å². The van der Waals surface area contributed by atoms with E-state index < -0.39 is 17.6 Å². The maximum Gasteiger partial charge on any atom is 0.453 e. The number of rotatable bonds is 7. The number of methoxy groups -OCH3 is 1. The van der Waals surface area contributed by atoms with Crippen LogP contribution in [-0.4, -0.2) is 91.9 Å². The van der Waals surface area contributed by atoms with Crippen LogP contribution < -0.4 is 4.74 Å². The molecule has 14 heteroatoms. The predicted molar refractivity (Wildman–Crippen MR) is 126 cm³/mol. The number of nitrogens with zero attached hydrogens (tertiary/aromatic N) is 8. The zero-order valence-electron chi connectivity index (χ0n) is 20.8. The molecule has 2 aromatic heterocycles. The van der Waals surface area contributed by atoms with Crippen LogP contribution in [0.5, 0.6) is 5.75 Å². The molecule has 4 heterocycles. The van der Waals surface area contributed by atoms with Crippen LogP contribution in [0.4, 0.5) is 13.2 Å². The first-order chi connectivity index (χ1) is 17.7. The van der Waals surface area contributed by atoms with E-state index >= 15 is 0 Å². The first-order valence-corrected chi connectivity index (χ1v) is 11.8. The number of H-pyrrole nitrogens is 1. The van der Waals surface area contributed by atoms with Gasteiger partial charge in [0.25, 0.3) is 5.82 Å². The summed E-state index contributed by atoms with van der Waals surface area (Å²) in [5.41, 5.74) is 3.05. The van der Waals surface area contributed by atoms with E-state index in [9.17, 15) is 13.2 Å². The number of nitrogens with one attached hydrogen (secondary N) is 1. The van der Waals surface area contributed by atoms with Gasteiger partial charge in [0.2, 0.25) is 0 Å². The van der Waals surface area contributed by atoms with Crippen molar-refractivity contribution in [2.45, 2.75) is 37.7 Å². The summed E-state index contributed by atoms with van der Waals surface area (Å²) in [6, 6.07) is 4.70. The van der Waals surface area contributed by atoms with Gasteiger partial charge in [-0.2, -0.15) is 17.9 Å². The highest BCUT2D eigenvalue weighted by Gasteiger charge is 2.41. The van der Waals surface area contributed by atoms with Crippen LogP contribution in [0.2, 0.25) is 0 Å². The summed E-state index contributed by atoms with van der Waals surface area (Å²) in [6.07, 6.45) is -0.843. The topological polar surface area (TPSA) is 110 Å². The molecule has 0 bridgehead atoms. The maximum absolute atomic E-state index is 13.4. The molecule has 2 aliphatic rings. The summed E-state index contributed by atoms with van der Waals surface area (Å²) in [4.78, 5) is 4.35. The minimum absolute atomic E-state index is 0.180. The van der Waals surface area contributed by atoms with E-state index in [0.29, 0.717) is 35.7 Å². The van der Waals surface area contributed by atoms with Gasteiger partial charge in [-0.25, -0.2) is 0 Å². The molecule has 11 nitrogen and oxygen atoms in total. The van der Waals surface area contributed by atoms with Crippen LogP contribution >= 0.6 is 0 Å². The standard InChI is InChI=1S/C23H28F3N9O2/c1-33(2)11-18-19(28-30-27-18)12-34-8-4-7-22(14-34)10-15(13-37-22)17-9-16(5-6-20(17)36-3)35-21(23(24,25)26)29-31-32-35/h5-6,9-10H,4,7-8,11-14H2,1-3H3,(H,27,28,30). The van der Waals surface area contributed by atoms with Crippen molar-refractivity contribution in [3.05, 3.63) is 47.1 Å². The average Bonchev–Trinajstić information content (AvgIpc) is 3.59. The molecule has 1 atom stereocenters. The molecule has 1 unspecified atom stereocenters. The molecule has 1 fully saturated rings. The molecule has 1 N–H and O–H groups in total. The molecule has 2 aliphatic heterocycles. The summed E-state index contributed by atoms with van der Waals surface area (Å²) >= 11 is 0. The molecule has 198 valence electrons. The van der Waals surface area contributed by atoms with Gasteiger partial charge in [0.05, 0.1) is 25.1 Å². The van der Waals surface area contributed by atoms with E-state index in [1.807, 2.05) is 14.1 Å². The SMILES string of the molecule is COc1ccc(-n2nnnc2C(F)(F)F)cc1C1=CC2(CCCN(Cc3nn[nH]c3CN(C)C)C2)OC1. The highest BCUT2D eigenvalue weighted by atomic mass is 19.4. The van der Waals surface area contributed by atoms with E-state index in [4.69, 9.17) is 9.47 Å². The quantitative estimate of drug-likeness (QED) is 0.503. The van der Waals surface area contributed by atoms with Crippen LogP contribution in [0.15, 0.2) is 24.3 Å². The highest BCUT2D eigenvalue weighted by molar-refractivity contribution is 5.75. The molecule has 0 aliphatic carbocycles. The molecule has 1 aromatic carbocycles. The number of alkyl halides is 3. The number of hydrogen-bond acceptors (Lipinski definition) is 9. The Hall–Kier alpha value is -3.36. The first kappa shape index (κ1) is 25.3. The van der Waals surface area contributed by atoms with E-state index in [1.54, 1.807) is 12.1 Å². The second kappa shape index (κ2) is 9.84. The first-order valence-electron chi connectivity index (χ1n) is 11.8. The van der Waals surface area contributed by atoms with Crippen molar-refractivity contribution < 1.29 is 22.6 Å². The van der Waals surface area contributed by atoms with E-state index in [-0.39, 0.29) is 5.69 Å². The molecule has 1 saturated heterocycles. The number of piperidine rings is 1. The van der Waals surface area contributed by atoms with Gasteiger partial charge in [-0.05, 0) is 73.8 Å². The van der Waals surface area contributed by atoms with Gasteiger partial charge in [0.1, 0.15) is 17.0 Å². The van der Waals surface area contributed by atoms with Crippen LogP contribution in [0.1, 0.15) is 35.6 Å². The number of halogens is 3. The van der Waals surface area contributed by atoms with Crippen molar-refractivity contribution in [2.24, 2.45) is 0 Å². The molecule has 0 radical (unpaired) electrons. The lowest BCUT2D eigenvalue weighted by Crippen LogP contribution is -2.47. The summed E-state index contributed by atoms with van der Waals surface area (Å²) in [6.45, 7) is 3.24. The van der Waals surface area contributed by atoms with Crippen LogP contribution in [0.25, 0.3) is 11.3 Å². The Morgan fingerprint density at radius 3 is 2.84 bits per heavy atom. The third-order valence-electron chi connectivity index (χ3n) is 6.57. The minimum Gasteiger partial charge on any atom is -0.496 e. The summed E-state index contributed by atoms with van der Waals surface area (Å²) in [7, 11) is 5.51. The van der Waals surface area contributed by atoms with Gasteiger partial charge in [0, 0.05) is 25.2 Å². The molecular formula is C23H28F3N9O2. The Morgan fingerprint density at radius 2 is 2.08 bits per heavy atom. The number of ether oxygens (including phenoxy) is 2. The maximum atomic E-state index is 13.4. The van der Waals surface area contributed by atoms with Crippen molar-refractivity contribution in [3.8, 4) is 11.4 Å². The second-order valence-electron chi connectivity index (χ2n) is 9.61. The molecule has 37 heavy (non-hydrogen) atoms. The van der Waals surface area contributed by atoms with Crippen molar-refractivity contribution in [3.63, 3.8) is 0 Å². The smallest absolute Gasteiger partial charge is 0.453 e. The largest absolute Gasteiger partial charge is 0.496 e. The van der Waals surface area contributed by atoms with Crippen LogP contribution in [0, 0.1) is 0 Å². The van der Waals surface area contributed by atoms with Gasteiger partial charge in [0.15, 0.2) is 0 Å². The number of likely N-dealkylation sites (tertiary alicyclic amines) is 1. The van der Waals surface area contributed by atoms with E-state index in [1.165, 1.54) is 13.2 Å². The highest BCUT2D eigenvalue weighted by Crippen LogP contribution is 2.40. The van der Waals surface area contributed by atoms with Crippen molar-refractivity contribution in [1.82, 2.24) is 45.4 Å². The monoisotopic (exact) mass is 519 g/mol. The number of hydrogen-bond donors (Lipinski definition) is 1. The lowest BCUT2D eigenvalue weighted by molar-refractivity contribution is -0.146. The zero-order chi connectivity index (χ0) is 26.2. The summed E-state index contributed by atoms with van der Waals surface area (Å²) in [5.74, 6) is -0.665. The summed E-state index contributed by atoms with van der Waals surface area (Å²) in [5, 5.41) is 21.2. The number of benzene rings is 1. The number of aromatic amines is 1. The van der Waals surface area contributed by atoms with Crippen molar-refractivity contribution in [2.75, 3.05) is 40.9 Å². The minimum atomic E-state index is -4.69. The molecule has 3 aromatic rings. The molecule has 0 amide bonds. The van der Waals surface area contributed by atoms with Crippen LogP contribution in [0.3, 0.4) is 0 Å².